The van der Waals surface area contributed by atoms with Gasteiger partial charge in [0.2, 0.25) is 5.91 Å². The van der Waals surface area contributed by atoms with Crippen molar-refractivity contribution in [2.75, 3.05) is 19.7 Å². The molecule has 13 heavy (non-hydrogen) atoms. The van der Waals surface area contributed by atoms with Gasteiger partial charge in [0.25, 0.3) is 0 Å². The highest BCUT2D eigenvalue weighted by Crippen LogP contribution is 1.97. The zero-order valence-electron chi connectivity index (χ0n) is 8.23. The monoisotopic (exact) mass is 189 g/mol. The molecule has 0 aromatic carbocycles. The molecule has 0 aliphatic heterocycles. The van der Waals surface area contributed by atoms with Crippen LogP contribution >= 0.6 is 0 Å². The summed E-state index contributed by atoms with van der Waals surface area (Å²) in [7, 11) is 0. The third-order valence-electron chi connectivity index (χ3n) is 1.91. The van der Waals surface area contributed by atoms with Gasteiger partial charge in [0.05, 0.1) is 12.6 Å². The van der Waals surface area contributed by atoms with Crippen molar-refractivity contribution in [1.29, 1.82) is 0 Å². The van der Waals surface area contributed by atoms with E-state index in [9.17, 15) is 4.79 Å². The maximum atomic E-state index is 10.7. The minimum atomic E-state index is -0.658. The molecule has 5 N–H and O–H groups in total. The molecule has 0 aliphatic rings. The van der Waals surface area contributed by atoms with E-state index in [-0.39, 0.29) is 12.6 Å². The van der Waals surface area contributed by atoms with Gasteiger partial charge in [-0.25, -0.2) is 0 Å². The summed E-state index contributed by atoms with van der Waals surface area (Å²) in [5.74, 6) is -0.511. The minimum Gasteiger partial charge on any atom is -0.395 e. The molecule has 78 valence electrons. The van der Waals surface area contributed by atoms with E-state index in [1.54, 1.807) is 0 Å². The molecule has 0 aromatic heterocycles. The summed E-state index contributed by atoms with van der Waals surface area (Å²) >= 11 is 0. The smallest absolute Gasteiger partial charge is 0.235 e. The molecule has 0 saturated carbocycles. The summed E-state index contributed by atoms with van der Waals surface area (Å²) in [6.45, 7) is 4.92. The van der Waals surface area contributed by atoms with Gasteiger partial charge in [-0.15, -0.1) is 0 Å². The van der Waals surface area contributed by atoms with Gasteiger partial charge in [-0.05, 0) is 13.8 Å². The maximum absolute atomic E-state index is 10.7. The zero-order valence-corrected chi connectivity index (χ0v) is 8.23. The fourth-order valence-corrected chi connectivity index (χ4v) is 1.03. The average Bonchev–Trinajstić information content (AvgIpc) is 2.03. The average molecular weight is 189 g/mol. The molecule has 0 bridgehead atoms. The summed E-state index contributed by atoms with van der Waals surface area (Å²) in [4.78, 5) is 12.6. The van der Waals surface area contributed by atoms with Crippen molar-refractivity contribution in [3.8, 4) is 0 Å². The molecule has 0 fully saturated rings. The first-order valence-corrected chi connectivity index (χ1v) is 4.38. The van der Waals surface area contributed by atoms with E-state index in [1.807, 2.05) is 18.7 Å². The van der Waals surface area contributed by atoms with Crippen molar-refractivity contribution in [3.05, 3.63) is 0 Å². The minimum absolute atomic E-state index is 0.0592. The highest BCUT2D eigenvalue weighted by molar-refractivity contribution is 5.79. The largest absolute Gasteiger partial charge is 0.395 e. The predicted molar refractivity (Wildman–Crippen MR) is 51.0 cm³/mol. The highest BCUT2D eigenvalue weighted by atomic mass is 16.3. The number of hydrogen-bond donors (Lipinski definition) is 3. The van der Waals surface area contributed by atoms with Gasteiger partial charge < -0.3 is 16.6 Å². The Labute approximate surface area is 78.7 Å². The Morgan fingerprint density at radius 3 is 2.38 bits per heavy atom. The Morgan fingerprint density at radius 1 is 1.54 bits per heavy atom. The summed E-state index contributed by atoms with van der Waals surface area (Å²) in [6, 6.07) is -0.411. The molecular weight excluding hydrogens is 170 g/mol. The molecule has 1 unspecified atom stereocenters. The second-order valence-corrected chi connectivity index (χ2v) is 3.32. The van der Waals surface area contributed by atoms with E-state index >= 15 is 0 Å². The van der Waals surface area contributed by atoms with E-state index in [2.05, 4.69) is 0 Å². The molecule has 0 aliphatic carbocycles. The van der Waals surface area contributed by atoms with Crippen molar-refractivity contribution >= 4 is 5.91 Å². The topological polar surface area (TPSA) is 92.6 Å². The van der Waals surface area contributed by atoms with Crippen molar-refractivity contribution in [1.82, 2.24) is 4.90 Å². The molecule has 1 atom stereocenters. The van der Waals surface area contributed by atoms with Crippen molar-refractivity contribution in [3.63, 3.8) is 0 Å². The van der Waals surface area contributed by atoms with Gasteiger partial charge >= 0.3 is 0 Å². The van der Waals surface area contributed by atoms with Crippen molar-refractivity contribution in [2.24, 2.45) is 11.5 Å². The Hall–Kier alpha value is -0.650. The predicted octanol–water partition coefficient (Wildman–Crippen LogP) is -1.50. The second-order valence-electron chi connectivity index (χ2n) is 3.32. The quantitative estimate of drug-likeness (QED) is 0.474. The SMILES string of the molecule is CC(C)N(CCO)CC(N)C(N)=O. The molecule has 0 saturated heterocycles. The first kappa shape index (κ1) is 12.3. The van der Waals surface area contributed by atoms with E-state index in [0.717, 1.165) is 0 Å². The molecular formula is C8H19N3O2. The molecule has 0 heterocycles. The maximum Gasteiger partial charge on any atom is 0.235 e. The third-order valence-corrected chi connectivity index (χ3v) is 1.91. The Balaban J connectivity index is 4.01. The zero-order chi connectivity index (χ0) is 10.4. The lowest BCUT2D eigenvalue weighted by molar-refractivity contribution is -0.119. The fourth-order valence-electron chi connectivity index (χ4n) is 1.03. The number of carbonyl (C=O) groups excluding carboxylic acids is 1. The molecule has 0 rings (SSSR count). The number of rotatable bonds is 6. The number of hydrogen-bond acceptors (Lipinski definition) is 4. The van der Waals surface area contributed by atoms with Crippen LogP contribution in [-0.4, -0.2) is 47.7 Å². The lowest BCUT2D eigenvalue weighted by Crippen LogP contribution is -2.48. The van der Waals surface area contributed by atoms with Crippen LogP contribution in [0.15, 0.2) is 0 Å². The van der Waals surface area contributed by atoms with Crippen LogP contribution in [-0.2, 0) is 4.79 Å². The number of aliphatic hydroxyl groups excluding tert-OH is 1. The fraction of sp³-hybridized carbons (Fsp3) is 0.875. The van der Waals surface area contributed by atoms with Gasteiger partial charge in [-0.1, -0.05) is 0 Å². The Morgan fingerprint density at radius 2 is 2.08 bits per heavy atom. The lowest BCUT2D eigenvalue weighted by Gasteiger charge is -2.27. The molecule has 0 radical (unpaired) electrons. The van der Waals surface area contributed by atoms with Crippen LogP contribution in [0, 0.1) is 0 Å². The first-order valence-electron chi connectivity index (χ1n) is 4.38. The summed E-state index contributed by atoms with van der Waals surface area (Å²) < 4.78 is 0. The normalized spacial score (nSPS) is 13.7. The Kier molecular flexibility index (Phi) is 5.61. The number of primary amides is 1. The van der Waals surface area contributed by atoms with E-state index in [0.29, 0.717) is 13.1 Å². The summed E-state index contributed by atoms with van der Waals surface area (Å²) in [5, 5.41) is 8.74. The van der Waals surface area contributed by atoms with Crippen LogP contribution in [0.1, 0.15) is 13.8 Å². The van der Waals surface area contributed by atoms with Crippen LogP contribution in [0.5, 0.6) is 0 Å². The standard InChI is InChI=1S/C8H19N3O2/c1-6(2)11(3-4-12)5-7(9)8(10)13/h6-7,12H,3-5,9H2,1-2H3,(H2,10,13). The highest BCUT2D eigenvalue weighted by Gasteiger charge is 2.16. The number of nitrogens with zero attached hydrogens (tertiary/aromatic N) is 1. The number of carbonyl (C=O) groups is 1. The number of nitrogens with two attached hydrogens (primary N) is 2. The van der Waals surface area contributed by atoms with Crippen LogP contribution in [0.3, 0.4) is 0 Å². The number of amides is 1. The molecule has 5 nitrogen and oxygen atoms in total. The molecule has 1 amide bonds. The lowest BCUT2D eigenvalue weighted by atomic mass is 10.2. The molecule has 5 heteroatoms. The van der Waals surface area contributed by atoms with E-state index in [4.69, 9.17) is 16.6 Å². The van der Waals surface area contributed by atoms with E-state index < -0.39 is 11.9 Å². The van der Waals surface area contributed by atoms with Gasteiger partial charge in [-0.3, -0.25) is 9.69 Å². The first-order chi connectivity index (χ1) is 5.99. The third kappa shape index (κ3) is 4.82. The van der Waals surface area contributed by atoms with Gasteiger partial charge in [0, 0.05) is 19.1 Å². The van der Waals surface area contributed by atoms with Gasteiger partial charge in [0.15, 0.2) is 0 Å². The van der Waals surface area contributed by atoms with Crippen LogP contribution < -0.4 is 11.5 Å². The summed E-state index contributed by atoms with van der Waals surface area (Å²) in [5.41, 5.74) is 10.5. The van der Waals surface area contributed by atoms with Gasteiger partial charge in [0.1, 0.15) is 0 Å². The van der Waals surface area contributed by atoms with E-state index in [1.165, 1.54) is 0 Å². The summed E-state index contributed by atoms with van der Waals surface area (Å²) in [6.07, 6.45) is 0. The van der Waals surface area contributed by atoms with Crippen LogP contribution in [0.2, 0.25) is 0 Å². The second kappa shape index (κ2) is 5.90. The number of aliphatic hydroxyl groups is 1. The van der Waals surface area contributed by atoms with Crippen molar-refractivity contribution < 1.29 is 9.90 Å². The van der Waals surface area contributed by atoms with Crippen LogP contribution in [0.25, 0.3) is 0 Å². The molecule has 0 aromatic rings. The Bertz CT molecular complexity index is 161. The van der Waals surface area contributed by atoms with Gasteiger partial charge in [-0.2, -0.15) is 0 Å². The molecule has 0 spiro atoms. The van der Waals surface area contributed by atoms with Crippen LogP contribution in [0.4, 0.5) is 0 Å². The van der Waals surface area contributed by atoms with Crippen molar-refractivity contribution in [2.45, 2.75) is 25.9 Å².